The zero-order valence-electron chi connectivity index (χ0n) is 27.0. The Labute approximate surface area is 262 Å². The Morgan fingerprint density at radius 2 is 1.82 bits per heavy atom. The normalized spacial score (nSPS) is 21.0. The summed E-state index contributed by atoms with van der Waals surface area (Å²) in [6, 6.07) is 16.9. The number of rotatable bonds is 11. The van der Waals surface area contributed by atoms with Crippen LogP contribution in [0.15, 0.2) is 54.6 Å². The summed E-state index contributed by atoms with van der Waals surface area (Å²) in [5.41, 5.74) is 4.18. The van der Waals surface area contributed by atoms with E-state index in [1.807, 2.05) is 45.9 Å². The van der Waals surface area contributed by atoms with E-state index in [0.29, 0.717) is 25.6 Å². The Balaban J connectivity index is 1.26. The maximum atomic E-state index is 14.3. The van der Waals surface area contributed by atoms with Gasteiger partial charge in [-0.05, 0) is 92.6 Å². The van der Waals surface area contributed by atoms with Gasteiger partial charge in [-0.15, -0.1) is 0 Å². The minimum atomic E-state index is -0.786. The van der Waals surface area contributed by atoms with Gasteiger partial charge in [0.2, 0.25) is 0 Å². The number of likely N-dealkylation sites (tertiary alicyclic amines) is 2. The van der Waals surface area contributed by atoms with Crippen LogP contribution in [0.5, 0.6) is 5.75 Å². The van der Waals surface area contributed by atoms with Crippen LogP contribution in [0.4, 0.5) is 4.39 Å². The molecular formula is C36H49FN4O3. The smallest absolute Gasteiger partial charge is 0.321 e. The SMILES string of the molecule is CCOc1cccc(Cc2cc(C3CCN(C[C@H]4CN([C@@H](C(=O)O)C(C)(C)C)C[C@@H]4c4cccc(F)c4)CC3)n(CC)n2)c1. The van der Waals surface area contributed by atoms with Crippen LogP contribution >= 0.6 is 0 Å². The first-order valence-electron chi connectivity index (χ1n) is 16.3. The highest BCUT2D eigenvalue weighted by Crippen LogP contribution is 2.39. The summed E-state index contributed by atoms with van der Waals surface area (Å²) >= 11 is 0. The lowest BCUT2D eigenvalue weighted by Gasteiger charge is -2.36. The fraction of sp³-hybridized carbons (Fsp3) is 0.556. The van der Waals surface area contributed by atoms with Crippen LogP contribution in [0.25, 0.3) is 0 Å². The molecule has 0 radical (unpaired) electrons. The molecule has 0 aliphatic carbocycles. The second-order valence-electron chi connectivity index (χ2n) is 13.7. The maximum Gasteiger partial charge on any atom is 0.321 e. The van der Waals surface area contributed by atoms with Crippen molar-refractivity contribution in [2.24, 2.45) is 11.3 Å². The monoisotopic (exact) mass is 604 g/mol. The topological polar surface area (TPSA) is 70.8 Å². The number of carboxylic acids is 1. The largest absolute Gasteiger partial charge is 0.494 e. The first-order valence-corrected chi connectivity index (χ1v) is 16.3. The van der Waals surface area contributed by atoms with Crippen molar-refractivity contribution in [2.75, 3.05) is 39.3 Å². The second kappa shape index (κ2) is 13.8. The quantitative estimate of drug-likeness (QED) is 0.272. The van der Waals surface area contributed by atoms with Crippen molar-refractivity contribution in [1.82, 2.24) is 19.6 Å². The predicted molar refractivity (Wildman–Crippen MR) is 172 cm³/mol. The van der Waals surface area contributed by atoms with Crippen molar-refractivity contribution in [3.05, 3.63) is 82.9 Å². The van der Waals surface area contributed by atoms with E-state index < -0.39 is 17.4 Å². The van der Waals surface area contributed by atoms with Gasteiger partial charge in [-0.3, -0.25) is 14.4 Å². The number of carboxylic acid groups (broad SMARTS) is 1. The molecule has 2 aliphatic heterocycles. The minimum Gasteiger partial charge on any atom is -0.494 e. The van der Waals surface area contributed by atoms with Crippen molar-refractivity contribution in [1.29, 1.82) is 0 Å². The summed E-state index contributed by atoms with van der Waals surface area (Å²) in [4.78, 5) is 17.0. The van der Waals surface area contributed by atoms with Gasteiger partial charge < -0.3 is 14.7 Å². The third-order valence-corrected chi connectivity index (χ3v) is 9.42. The fourth-order valence-corrected chi connectivity index (χ4v) is 7.51. The van der Waals surface area contributed by atoms with Crippen molar-refractivity contribution in [3.63, 3.8) is 0 Å². The van der Waals surface area contributed by atoms with Gasteiger partial charge in [0.05, 0.1) is 12.3 Å². The van der Waals surface area contributed by atoms with Gasteiger partial charge in [0, 0.05) is 50.1 Å². The van der Waals surface area contributed by atoms with E-state index >= 15 is 0 Å². The summed E-state index contributed by atoms with van der Waals surface area (Å²) in [5, 5.41) is 15.1. The average molecular weight is 605 g/mol. The van der Waals surface area contributed by atoms with E-state index in [-0.39, 0.29) is 17.7 Å². The summed E-state index contributed by atoms with van der Waals surface area (Å²) in [7, 11) is 0. The maximum absolute atomic E-state index is 14.3. The number of aromatic nitrogens is 2. The molecule has 0 unspecified atom stereocenters. The lowest BCUT2D eigenvalue weighted by molar-refractivity contribution is -0.147. The summed E-state index contributed by atoms with van der Waals surface area (Å²) in [5.74, 6) is 0.662. The van der Waals surface area contributed by atoms with Crippen LogP contribution in [0.1, 0.15) is 81.8 Å². The number of aliphatic carboxylic acids is 1. The Kier molecular flexibility index (Phi) is 10.1. The molecule has 44 heavy (non-hydrogen) atoms. The van der Waals surface area contributed by atoms with Crippen molar-refractivity contribution in [3.8, 4) is 5.75 Å². The molecule has 2 saturated heterocycles. The number of benzene rings is 2. The molecule has 8 heteroatoms. The van der Waals surface area contributed by atoms with Gasteiger partial charge in [-0.25, -0.2) is 4.39 Å². The first-order chi connectivity index (χ1) is 21.0. The second-order valence-corrected chi connectivity index (χ2v) is 13.7. The molecule has 3 heterocycles. The molecule has 3 aromatic rings. The minimum absolute atomic E-state index is 0.0953. The highest BCUT2D eigenvalue weighted by molar-refractivity contribution is 5.74. The third kappa shape index (κ3) is 7.52. The Hall–Kier alpha value is -3.23. The number of nitrogens with zero attached hydrogens (tertiary/aromatic N) is 4. The van der Waals surface area contributed by atoms with Crippen molar-refractivity contribution in [2.45, 2.75) is 78.3 Å². The van der Waals surface area contributed by atoms with Crippen molar-refractivity contribution < 1.29 is 19.0 Å². The van der Waals surface area contributed by atoms with Gasteiger partial charge in [-0.2, -0.15) is 5.10 Å². The Bertz CT molecular complexity index is 1410. The van der Waals surface area contributed by atoms with E-state index in [1.54, 1.807) is 12.1 Å². The van der Waals surface area contributed by atoms with Crippen LogP contribution in [-0.2, 0) is 17.8 Å². The Morgan fingerprint density at radius 1 is 1.07 bits per heavy atom. The van der Waals surface area contributed by atoms with E-state index in [0.717, 1.165) is 62.4 Å². The van der Waals surface area contributed by atoms with Crippen LogP contribution in [-0.4, -0.2) is 76.0 Å². The molecule has 0 bridgehead atoms. The first kappa shape index (κ1) is 32.2. The molecular weight excluding hydrogens is 555 g/mol. The number of hydrogen-bond donors (Lipinski definition) is 1. The zero-order valence-corrected chi connectivity index (χ0v) is 27.0. The molecule has 2 aromatic carbocycles. The molecule has 3 atom stereocenters. The number of aryl methyl sites for hydroxylation is 1. The number of halogens is 1. The Morgan fingerprint density at radius 3 is 2.48 bits per heavy atom. The van der Waals surface area contributed by atoms with Gasteiger partial charge in [0.25, 0.3) is 0 Å². The van der Waals surface area contributed by atoms with E-state index in [9.17, 15) is 14.3 Å². The molecule has 7 nitrogen and oxygen atoms in total. The number of hydrogen-bond acceptors (Lipinski definition) is 5. The molecule has 0 spiro atoms. The lowest BCUT2D eigenvalue weighted by atomic mass is 9.85. The highest BCUT2D eigenvalue weighted by Gasteiger charge is 2.44. The van der Waals surface area contributed by atoms with E-state index in [4.69, 9.17) is 9.84 Å². The molecule has 1 N–H and O–H groups in total. The number of ether oxygens (including phenoxy) is 1. The molecule has 5 rings (SSSR count). The van der Waals surface area contributed by atoms with Crippen LogP contribution in [0, 0.1) is 17.2 Å². The van der Waals surface area contributed by atoms with Crippen molar-refractivity contribution >= 4 is 5.97 Å². The highest BCUT2D eigenvalue weighted by atomic mass is 19.1. The fourth-order valence-electron chi connectivity index (χ4n) is 7.51. The van der Waals surface area contributed by atoms with Crippen LogP contribution in [0.2, 0.25) is 0 Å². The van der Waals surface area contributed by atoms with Gasteiger partial charge in [0.1, 0.15) is 17.6 Å². The molecule has 0 amide bonds. The number of piperidine rings is 1. The predicted octanol–water partition coefficient (Wildman–Crippen LogP) is 6.43. The molecule has 238 valence electrons. The third-order valence-electron chi connectivity index (χ3n) is 9.42. The summed E-state index contributed by atoms with van der Waals surface area (Å²) in [6.07, 6.45) is 2.91. The molecule has 1 aromatic heterocycles. The number of carbonyl (C=O) groups is 1. The van der Waals surface area contributed by atoms with Crippen LogP contribution in [0.3, 0.4) is 0 Å². The van der Waals surface area contributed by atoms with Crippen LogP contribution < -0.4 is 4.74 Å². The summed E-state index contributed by atoms with van der Waals surface area (Å²) < 4.78 is 22.2. The summed E-state index contributed by atoms with van der Waals surface area (Å²) in [6.45, 7) is 15.8. The van der Waals surface area contributed by atoms with Gasteiger partial charge in [0.15, 0.2) is 0 Å². The van der Waals surface area contributed by atoms with E-state index in [2.05, 4.69) is 39.6 Å². The van der Waals surface area contributed by atoms with E-state index in [1.165, 1.54) is 17.3 Å². The lowest BCUT2D eigenvalue weighted by Crippen LogP contribution is -2.48. The zero-order chi connectivity index (χ0) is 31.4. The van der Waals surface area contributed by atoms with Gasteiger partial charge in [-0.1, -0.05) is 45.0 Å². The van der Waals surface area contributed by atoms with Gasteiger partial charge >= 0.3 is 5.97 Å². The average Bonchev–Trinajstić information content (AvgIpc) is 3.56. The molecule has 0 saturated carbocycles. The molecule has 2 aliphatic rings. The molecule has 2 fully saturated rings. The standard InChI is InChI=1S/C36H49FN4O3/c1-6-41-33(21-30(38-41)18-25-10-8-13-31(19-25)44-7-2)26-14-16-39(17-15-26)22-28-23-40(34(35(42)43)36(3,4)5)24-32(28)27-11-9-12-29(37)20-27/h8-13,19-21,26,28,32,34H,6-7,14-18,22-24H2,1-5H3,(H,42,43)/t28-,32+,34-/m0/s1.